The Hall–Kier alpha value is -1.71. The molecule has 0 aliphatic heterocycles. The summed E-state index contributed by atoms with van der Waals surface area (Å²) < 4.78 is 4.99. The molecule has 1 aliphatic rings. The first-order valence-electron chi connectivity index (χ1n) is 6.86. The molecule has 4 heteroatoms. The summed E-state index contributed by atoms with van der Waals surface area (Å²) in [6.07, 6.45) is 6.20. The monoisotopic (exact) mass is 263 g/mol. The predicted octanol–water partition coefficient (Wildman–Crippen LogP) is 2.71. The molecule has 0 radical (unpaired) electrons. The summed E-state index contributed by atoms with van der Waals surface area (Å²) in [4.78, 5) is 12.0. The summed E-state index contributed by atoms with van der Waals surface area (Å²) >= 11 is 0. The van der Waals surface area contributed by atoms with Gasteiger partial charge >= 0.3 is 0 Å². The fourth-order valence-corrected chi connectivity index (χ4v) is 2.55. The Bertz CT molecular complexity index is 439. The number of methoxy groups -OCH3 is 1. The normalized spacial score (nSPS) is 16.1. The van der Waals surface area contributed by atoms with Gasteiger partial charge in [0.15, 0.2) is 0 Å². The van der Waals surface area contributed by atoms with E-state index in [1.807, 2.05) is 0 Å². The Labute approximate surface area is 113 Å². The Morgan fingerprint density at radius 1 is 1.37 bits per heavy atom. The van der Waals surface area contributed by atoms with Gasteiger partial charge < -0.3 is 15.2 Å². The first-order valence-corrected chi connectivity index (χ1v) is 6.86. The van der Waals surface area contributed by atoms with Crippen LogP contribution in [0.3, 0.4) is 0 Å². The molecule has 0 unspecified atom stereocenters. The molecule has 1 saturated carbocycles. The zero-order valence-electron chi connectivity index (χ0n) is 11.3. The number of carbonyl (C=O) groups is 1. The van der Waals surface area contributed by atoms with Crippen LogP contribution in [0.15, 0.2) is 18.2 Å². The van der Waals surface area contributed by atoms with Crippen molar-refractivity contribution in [3.63, 3.8) is 0 Å². The van der Waals surface area contributed by atoms with Gasteiger partial charge in [-0.1, -0.05) is 19.3 Å². The van der Waals surface area contributed by atoms with Crippen LogP contribution in [0.1, 0.15) is 42.5 Å². The molecule has 2 rings (SSSR count). The van der Waals surface area contributed by atoms with Crippen LogP contribution in [0.5, 0.6) is 11.5 Å². The maximum absolute atomic E-state index is 12.0. The molecule has 1 fully saturated rings. The van der Waals surface area contributed by atoms with Gasteiger partial charge in [0.1, 0.15) is 11.5 Å². The van der Waals surface area contributed by atoms with E-state index < -0.39 is 0 Å². The second kappa shape index (κ2) is 6.45. The largest absolute Gasteiger partial charge is 0.507 e. The molecule has 0 heterocycles. The van der Waals surface area contributed by atoms with E-state index in [0.29, 0.717) is 23.8 Å². The Kier molecular flexibility index (Phi) is 4.66. The molecule has 0 saturated heterocycles. The van der Waals surface area contributed by atoms with Crippen molar-refractivity contribution >= 4 is 5.91 Å². The Morgan fingerprint density at radius 3 is 2.74 bits per heavy atom. The molecule has 1 aromatic carbocycles. The third-order valence-corrected chi connectivity index (χ3v) is 3.73. The van der Waals surface area contributed by atoms with E-state index in [0.717, 1.165) is 0 Å². The minimum Gasteiger partial charge on any atom is -0.507 e. The van der Waals surface area contributed by atoms with Crippen molar-refractivity contribution in [3.05, 3.63) is 23.8 Å². The number of phenols is 1. The average Bonchev–Trinajstić information content (AvgIpc) is 2.45. The van der Waals surface area contributed by atoms with Crippen LogP contribution < -0.4 is 10.1 Å². The zero-order chi connectivity index (χ0) is 13.7. The van der Waals surface area contributed by atoms with Crippen molar-refractivity contribution in [2.24, 2.45) is 5.92 Å². The van der Waals surface area contributed by atoms with Crippen LogP contribution in [0.4, 0.5) is 0 Å². The summed E-state index contributed by atoms with van der Waals surface area (Å²) in [7, 11) is 1.53. The number of aromatic hydroxyl groups is 1. The Balaban J connectivity index is 1.92. The lowest BCUT2D eigenvalue weighted by atomic mass is 9.89. The predicted molar refractivity (Wildman–Crippen MR) is 73.6 cm³/mol. The van der Waals surface area contributed by atoms with Gasteiger partial charge in [0.05, 0.1) is 12.7 Å². The van der Waals surface area contributed by atoms with E-state index in [1.54, 1.807) is 12.1 Å². The fraction of sp³-hybridized carbons (Fsp3) is 0.533. The molecule has 19 heavy (non-hydrogen) atoms. The van der Waals surface area contributed by atoms with Gasteiger partial charge in [-0.25, -0.2) is 0 Å². The van der Waals surface area contributed by atoms with E-state index in [4.69, 9.17) is 4.74 Å². The molecule has 4 nitrogen and oxygen atoms in total. The highest BCUT2D eigenvalue weighted by Crippen LogP contribution is 2.25. The second-order valence-electron chi connectivity index (χ2n) is 5.10. The van der Waals surface area contributed by atoms with Crippen LogP contribution in [-0.4, -0.2) is 24.7 Å². The summed E-state index contributed by atoms with van der Waals surface area (Å²) in [5.41, 5.74) is 0.302. The molecule has 104 valence electrons. The minimum atomic E-state index is -0.217. The topological polar surface area (TPSA) is 58.6 Å². The molecule has 1 aromatic rings. The third kappa shape index (κ3) is 3.63. The standard InChI is InChI=1S/C15H21NO3/c1-19-12-7-8-13(14(17)9-12)15(18)16-10-11-5-3-2-4-6-11/h7-9,11,17H,2-6,10H2,1H3,(H,16,18). The van der Waals surface area contributed by atoms with Crippen molar-refractivity contribution in [3.8, 4) is 11.5 Å². The van der Waals surface area contributed by atoms with Crippen LogP contribution >= 0.6 is 0 Å². The fourth-order valence-electron chi connectivity index (χ4n) is 2.55. The van der Waals surface area contributed by atoms with Crippen molar-refractivity contribution in [1.82, 2.24) is 5.32 Å². The van der Waals surface area contributed by atoms with Gasteiger partial charge in [0.2, 0.25) is 0 Å². The van der Waals surface area contributed by atoms with E-state index >= 15 is 0 Å². The smallest absolute Gasteiger partial charge is 0.255 e. The lowest BCUT2D eigenvalue weighted by Crippen LogP contribution is -2.30. The average molecular weight is 263 g/mol. The number of nitrogens with one attached hydrogen (secondary N) is 1. The maximum Gasteiger partial charge on any atom is 0.255 e. The molecule has 2 N–H and O–H groups in total. The van der Waals surface area contributed by atoms with Crippen molar-refractivity contribution in [1.29, 1.82) is 0 Å². The number of benzene rings is 1. The highest BCUT2D eigenvalue weighted by Gasteiger charge is 2.16. The molecular weight excluding hydrogens is 242 g/mol. The van der Waals surface area contributed by atoms with Crippen molar-refractivity contribution < 1.29 is 14.6 Å². The van der Waals surface area contributed by atoms with Gasteiger partial charge in [-0.05, 0) is 30.9 Å². The quantitative estimate of drug-likeness (QED) is 0.878. The first-order chi connectivity index (χ1) is 9.20. The van der Waals surface area contributed by atoms with Gasteiger partial charge in [0, 0.05) is 12.6 Å². The van der Waals surface area contributed by atoms with E-state index in [2.05, 4.69) is 5.32 Å². The van der Waals surface area contributed by atoms with Crippen LogP contribution in [0, 0.1) is 5.92 Å². The zero-order valence-corrected chi connectivity index (χ0v) is 11.3. The van der Waals surface area contributed by atoms with Crippen LogP contribution in [0.2, 0.25) is 0 Å². The molecule has 1 aliphatic carbocycles. The van der Waals surface area contributed by atoms with Gasteiger partial charge in [-0.2, -0.15) is 0 Å². The lowest BCUT2D eigenvalue weighted by molar-refractivity contribution is 0.0941. The number of phenolic OH excluding ortho intramolecular Hbond substituents is 1. The lowest BCUT2D eigenvalue weighted by Gasteiger charge is -2.21. The van der Waals surface area contributed by atoms with Crippen LogP contribution in [0.25, 0.3) is 0 Å². The van der Waals surface area contributed by atoms with Gasteiger partial charge in [-0.3, -0.25) is 4.79 Å². The minimum absolute atomic E-state index is 0.0412. The number of carbonyl (C=O) groups excluding carboxylic acids is 1. The third-order valence-electron chi connectivity index (χ3n) is 3.73. The van der Waals surface area contributed by atoms with Crippen molar-refractivity contribution in [2.75, 3.05) is 13.7 Å². The highest BCUT2D eigenvalue weighted by molar-refractivity contribution is 5.96. The summed E-state index contributed by atoms with van der Waals surface area (Å²) in [5, 5.41) is 12.7. The molecule has 0 spiro atoms. The van der Waals surface area contributed by atoms with E-state index in [1.165, 1.54) is 45.3 Å². The number of rotatable bonds is 4. The molecular formula is C15H21NO3. The first kappa shape index (κ1) is 13.7. The van der Waals surface area contributed by atoms with Crippen LogP contribution in [-0.2, 0) is 0 Å². The SMILES string of the molecule is COc1ccc(C(=O)NCC2CCCCC2)c(O)c1. The second-order valence-corrected chi connectivity index (χ2v) is 5.10. The highest BCUT2D eigenvalue weighted by atomic mass is 16.5. The summed E-state index contributed by atoms with van der Waals surface area (Å²) in [6.45, 7) is 0.699. The number of hydrogen-bond acceptors (Lipinski definition) is 3. The van der Waals surface area contributed by atoms with Crippen molar-refractivity contribution in [2.45, 2.75) is 32.1 Å². The number of ether oxygens (including phenoxy) is 1. The van der Waals surface area contributed by atoms with E-state index in [-0.39, 0.29) is 11.7 Å². The number of hydrogen-bond donors (Lipinski definition) is 2. The summed E-state index contributed by atoms with van der Waals surface area (Å²) in [6, 6.07) is 4.72. The molecule has 1 amide bonds. The van der Waals surface area contributed by atoms with Gasteiger partial charge in [-0.15, -0.1) is 0 Å². The number of amides is 1. The molecule has 0 atom stereocenters. The maximum atomic E-state index is 12.0. The van der Waals surface area contributed by atoms with E-state index in [9.17, 15) is 9.90 Å². The Morgan fingerprint density at radius 2 is 2.11 bits per heavy atom. The molecule has 0 bridgehead atoms. The molecule has 0 aromatic heterocycles. The summed E-state index contributed by atoms with van der Waals surface area (Å²) in [5.74, 6) is 0.866. The van der Waals surface area contributed by atoms with Gasteiger partial charge in [0.25, 0.3) is 5.91 Å².